The van der Waals surface area contributed by atoms with Crippen LogP contribution >= 0.6 is 11.6 Å². The third-order valence-electron chi connectivity index (χ3n) is 3.10. The molecule has 0 spiro atoms. The van der Waals surface area contributed by atoms with E-state index in [0.717, 1.165) is 30.0 Å². The van der Waals surface area contributed by atoms with Crippen LogP contribution in [0, 0.1) is 0 Å². The smallest absolute Gasteiger partial charge is 0.130 e. The monoisotopic (exact) mass is 293 g/mol. The van der Waals surface area contributed by atoms with E-state index >= 15 is 0 Å². The Hall–Kier alpha value is -1.52. The highest BCUT2D eigenvalue weighted by Gasteiger charge is 2.10. The molecule has 1 aromatic heterocycles. The molecular weight excluding hydrogens is 274 g/mol. The second-order valence-corrected chi connectivity index (χ2v) is 5.27. The number of nitrogens with two attached hydrogens (primary N) is 1. The van der Waals surface area contributed by atoms with Crippen LogP contribution in [-0.2, 0) is 13.2 Å². The second-order valence-electron chi connectivity index (χ2n) is 4.84. The molecule has 0 aliphatic rings. The Balaban J connectivity index is 2.12. The molecule has 0 fully saturated rings. The molecule has 1 aromatic carbocycles. The topological polar surface area (TPSA) is 53.1 Å². The van der Waals surface area contributed by atoms with Gasteiger partial charge in [-0.3, -0.25) is 0 Å². The van der Waals surface area contributed by atoms with Crippen LogP contribution in [0.2, 0.25) is 5.02 Å². The lowest BCUT2D eigenvalue weighted by atomic mass is 10.1. The quantitative estimate of drug-likeness (QED) is 0.886. The molecule has 108 valence electrons. The van der Waals surface area contributed by atoms with Crippen LogP contribution in [-0.4, -0.2) is 9.55 Å². The third-order valence-corrected chi connectivity index (χ3v) is 3.34. The zero-order valence-electron chi connectivity index (χ0n) is 11.8. The molecule has 0 amide bonds. The molecule has 0 saturated carbocycles. The van der Waals surface area contributed by atoms with Gasteiger partial charge in [-0.15, -0.1) is 0 Å². The van der Waals surface area contributed by atoms with E-state index in [2.05, 4.69) is 16.5 Å². The average Bonchev–Trinajstić information content (AvgIpc) is 2.85. The van der Waals surface area contributed by atoms with Gasteiger partial charge in [0.25, 0.3) is 0 Å². The number of hydrogen-bond acceptors (Lipinski definition) is 3. The first-order chi connectivity index (χ1) is 9.61. The number of hydrogen-bond donors (Lipinski definition) is 1. The van der Waals surface area contributed by atoms with Crippen LogP contribution in [0.3, 0.4) is 0 Å². The number of nitrogens with zero attached hydrogens (tertiary/aromatic N) is 2. The van der Waals surface area contributed by atoms with Gasteiger partial charge in [0.05, 0.1) is 18.2 Å². The van der Waals surface area contributed by atoms with Crippen molar-refractivity contribution in [1.29, 1.82) is 0 Å². The molecule has 0 aliphatic carbocycles. The van der Waals surface area contributed by atoms with Gasteiger partial charge in [-0.2, -0.15) is 0 Å². The molecule has 0 bridgehead atoms. The van der Waals surface area contributed by atoms with E-state index in [1.54, 1.807) is 0 Å². The van der Waals surface area contributed by atoms with Crippen LogP contribution in [0.25, 0.3) is 0 Å². The van der Waals surface area contributed by atoms with Gasteiger partial charge in [0.1, 0.15) is 12.4 Å². The molecule has 0 radical (unpaired) electrons. The molecule has 4 nitrogen and oxygen atoms in total. The molecule has 2 rings (SSSR count). The third kappa shape index (κ3) is 3.52. The Bertz CT molecular complexity index is 566. The molecule has 0 saturated heterocycles. The summed E-state index contributed by atoms with van der Waals surface area (Å²) in [5.41, 5.74) is 7.92. The standard InChI is InChI=1S/C15H20ClN3O/c1-3-6-19-10-18-8-13(19)9-20-15-5-4-12(16)7-14(15)11(2)17/h4-5,7-8,10-11H,3,6,9,17H2,1-2H3. The van der Waals surface area contributed by atoms with Crippen molar-refractivity contribution in [2.24, 2.45) is 5.73 Å². The maximum atomic E-state index is 6.00. The summed E-state index contributed by atoms with van der Waals surface area (Å²) in [6, 6.07) is 5.41. The Kier molecular flexibility index (Phi) is 5.04. The van der Waals surface area contributed by atoms with Gasteiger partial charge in [0.15, 0.2) is 0 Å². The highest BCUT2D eigenvalue weighted by Crippen LogP contribution is 2.27. The zero-order chi connectivity index (χ0) is 14.5. The van der Waals surface area contributed by atoms with Crippen LogP contribution in [0.4, 0.5) is 0 Å². The van der Waals surface area contributed by atoms with E-state index in [1.165, 1.54) is 0 Å². The molecular formula is C15H20ClN3O. The summed E-state index contributed by atoms with van der Waals surface area (Å²) in [4.78, 5) is 4.16. The lowest BCUT2D eigenvalue weighted by Gasteiger charge is -2.15. The van der Waals surface area contributed by atoms with Crippen LogP contribution in [0.15, 0.2) is 30.7 Å². The predicted octanol–water partition coefficient (Wildman–Crippen LogP) is 3.55. The first-order valence-electron chi connectivity index (χ1n) is 6.78. The summed E-state index contributed by atoms with van der Waals surface area (Å²) in [7, 11) is 0. The molecule has 1 heterocycles. The number of rotatable bonds is 6. The van der Waals surface area contributed by atoms with Gasteiger partial charge in [-0.05, 0) is 31.5 Å². The van der Waals surface area contributed by atoms with Crippen molar-refractivity contribution in [2.75, 3.05) is 0 Å². The van der Waals surface area contributed by atoms with Gasteiger partial charge in [-0.25, -0.2) is 4.98 Å². The summed E-state index contributed by atoms with van der Waals surface area (Å²) in [5, 5.41) is 0.667. The van der Waals surface area contributed by atoms with Gasteiger partial charge in [0, 0.05) is 23.2 Å². The van der Waals surface area contributed by atoms with E-state index in [0.29, 0.717) is 11.6 Å². The van der Waals surface area contributed by atoms with Crippen molar-refractivity contribution in [2.45, 2.75) is 39.5 Å². The normalized spacial score (nSPS) is 12.4. The fraction of sp³-hybridized carbons (Fsp3) is 0.400. The fourth-order valence-electron chi connectivity index (χ4n) is 2.07. The van der Waals surface area contributed by atoms with E-state index in [-0.39, 0.29) is 6.04 Å². The number of benzene rings is 1. The lowest BCUT2D eigenvalue weighted by molar-refractivity contribution is 0.290. The predicted molar refractivity (Wildman–Crippen MR) is 80.9 cm³/mol. The summed E-state index contributed by atoms with van der Waals surface area (Å²) in [5.74, 6) is 0.772. The van der Waals surface area contributed by atoms with Crippen molar-refractivity contribution >= 4 is 11.6 Å². The molecule has 1 unspecified atom stereocenters. The van der Waals surface area contributed by atoms with E-state index < -0.39 is 0 Å². The lowest BCUT2D eigenvalue weighted by Crippen LogP contribution is -2.10. The number of aromatic nitrogens is 2. The Morgan fingerprint density at radius 1 is 1.45 bits per heavy atom. The van der Waals surface area contributed by atoms with Crippen molar-refractivity contribution < 1.29 is 4.74 Å². The first kappa shape index (κ1) is 14.9. The molecule has 20 heavy (non-hydrogen) atoms. The molecule has 0 aliphatic heterocycles. The highest BCUT2D eigenvalue weighted by atomic mass is 35.5. The Morgan fingerprint density at radius 3 is 2.95 bits per heavy atom. The molecule has 2 aromatic rings. The van der Waals surface area contributed by atoms with Crippen molar-refractivity contribution in [3.63, 3.8) is 0 Å². The number of aryl methyl sites for hydroxylation is 1. The van der Waals surface area contributed by atoms with E-state index in [9.17, 15) is 0 Å². The molecule has 5 heteroatoms. The van der Waals surface area contributed by atoms with Gasteiger partial charge in [-0.1, -0.05) is 18.5 Å². The number of halogens is 1. The summed E-state index contributed by atoms with van der Waals surface area (Å²) < 4.78 is 7.98. The van der Waals surface area contributed by atoms with Crippen LogP contribution in [0.5, 0.6) is 5.75 Å². The highest BCUT2D eigenvalue weighted by molar-refractivity contribution is 6.30. The fourth-order valence-corrected chi connectivity index (χ4v) is 2.25. The van der Waals surface area contributed by atoms with Crippen LogP contribution < -0.4 is 10.5 Å². The second kappa shape index (κ2) is 6.77. The minimum absolute atomic E-state index is 0.121. The maximum Gasteiger partial charge on any atom is 0.130 e. The van der Waals surface area contributed by atoms with Crippen molar-refractivity contribution in [1.82, 2.24) is 9.55 Å². The van der Waals surface area contributed by atoms with E-state index in [4.69, 9.17) is 22.1 Å². The molecule has 2 N–H and O–H groups in total. The SMILES string of the molecule is CCCn1cncc1COc1ccc(Cl)cc1C(C)N. The van der Waals surface area contributed by atoms with E-state index in [1.807, 2.05) is 37.6 Å². The van der Waals surface area contributed by atoms with Gasteiger partial charge < -0.3 is 15.0 Å². The molecule has 1 atom stereocenters. The minimum Gasteiger partial charge on any atom is -0.487 e. The van der Waals surface area contributed by atoms with Gasteiger partial charge >= 0.3 is 0 Å². The largest absolute Gasteiger partial charge is 0.487 e. The Labute approximate surface area is 124 Å². The minimum atomic E-state index is -0.121. The average molecular weight is 294 g/mol. The summed E-state index contributed by atoms with van der Waals surface area (Å²) in [6.45, 7) is 5.47. The summed E-state index contributed by atoms with van der Waals surface area (Å²) >= 11 is 6.00. The van der Waals surface area contributed by atoms with Crippen molar-refractivity contribution in [3.8, 4) is 5.75 Å². The zero-order valence-corrected chi connectivity index (χ0v) is 12.6. The Morgan fingerprint density at radius 2 is 2.25 bits per heavy atom. The number of imidazole rings is 1. The van der Waals surface area contributed by atoms with Crippen molar-refractivity contribution in [3.05, 3.63) is 47.0 Å². The van der Waals surface area contributed by atoms with Gasteiger partial charge in [0.2, 0.25) is 0 Å². The number of ether oxygens (including phenoxy) is 1. The summed E-state index contributed by atoms with van der Waals surface area (Å²) in [6.07, 6.45) is 4.73. The van der Waals surface area contributed by atoms with Crippen LogP contribution in [0.1, 0.15) is 37.6 Å². The first-order valence-corrected chi connectivity index (χ1v) is 7.16. The maximum absolute atomic E-state index is 6.00.